The number of ether oxygens (including phenoxy) is 1. The Hall–Kier alpha value is -3.83. The van der Waals surface area contributed by atoms with Gasteiger partial charge >= 0.3 is 5.97 Å². The largest absolute Gasteiger partial charge is 0.468 e. The molecule has 11 heteroatoms. The van der Waals surface area contributed by atoms with Crippen molar-refractivity contribution in [1.29, 1.82) is 0 Å². The van der Waals surface area contributed by atoms with E-state index in [1.54, 1.807) is 4.57 Å². The Morgan fingerprint density at radius 2 is 1.81 bits per heavy atom. The molecule has 0 unspecified atom stereocenters. The van der Waals surface area contributed by atoms with Gasteiger partial charge in [-0.25, -0.2) is 12.8 Å². The third-order valence-electron chi connectivity index (χ3n) is 5.57. The molecule has 4 rings (SSSR count). The van der Waals surface area contributed by atoms with Crippen molar-refractivity contribution < 1.29 is 27.1 Å². The lowest BCUT2D eigenvalue weighted by Crippen LogP contribution is -2.22. The molecule has 37 heavy (non-hydrogen) atoms. The quantitative estimate of drug-likeness (QED) is 0.342. The van der Waals surface area contributed by atoms with Crippen LogP contribution < -0.4 is 9.52 Å². The lowest BCUT2D eigenvalue weighted by molar-refractivity contribution is -0.141. The van der Waals surface area contributed by atoms with E-state index in [-0.39, 0.29) is 22.7 Å². The predicted octanol–water partition coefficient (Wildman–Crippen LogP) is 4.68. The van der Waals surface area contributed by atoms with E-state index < -0.39 is 27.7 Å². The van der Waals surface area contributed by atoms with Crippen molar-refractivity contribution in [3.8, 4) is 0 Å². The second-order valence-electron chi connectivity index (χ2n) is 8.49. The number of amides is 1. The molecule has 0 fully saturated rings. The summed E-state index contributed by atoms with van der Waals surface area (Å²) < 4.78 is 48.2. The van der Waals surface area contributed by atoms with Gasteiger partial charge < -0.3 is 9.30 Å². The van der Waals surface area contributed by atoms with Crippen LogP contribution in [0.3, 0.4) is 0 Å². The molecule has 8 nitrogen and oxygen atoms in total. The molecule has 1 N–H and O–H groups in total. The lowest BCUT2D eigenvalue weighted by atomic mass is 10.0. The number of hydrogen-bond donors (Lipinski definition) is 1. The molecule has 1 amide bonds. The van der Waals surface area contributed by atoms with Gasteiger partial charge in [-0.05, 0) is 66.1 Å². The number of methoxy groups -OCH3 is 1. The van der Waals surface area contributed by atoms with Gasteiger partial charge in [0.25, 0.3) is 15.9 Å². The molecule has 0 saturated heterocycles. The first-order valence-electron chi connectivity index (χ1n) is 11.2. The number of thiazole rings is 1. The van der Waals surface area contributed by atoms with E-state index in [2.05, 4.69) is 23.6 Å². The summed E-state index contributed by atoms with van der Waals surface area (Å²) >= 11 is 1.27. The van der Waals surface area contributed by atoms with Gasteiger partial charge in [0.1, 0.15) is 12.4 Å². The summed E-state index contributed by atoms with van der Waals surface area (Å²) in [6.07, 6.45) is 0. The molecule has 0 bridgehead atoms. The Morgan fingerprint density at radius 3 is 2.49 bits per heavy atom. The van der Waals surface area contributed by atoms with Gasteiger partial charge in [0.15, 0.2) is 4.80 Å². The first-order chi connectivity index (χ1) is 17.6. The van der Waals surface area contributed by atoms with E-state index in [0.29, 0.717) is 10.7 Å². The van der Waals surface area contributed by atoms with Crippen LogP contribution in [0.25, 0.3) is 10.2 Å². The number of fused-ring (bicyclic) bond motifs is 1. The average Bonchev–Trinajstić information content (AvgIpc) is 3.19. The van der Waals surface area contributed by atoms with Gasteiger partial charge in [0, 0.05) is 11.3 Å². The third-order valence-corrected chi connectivity index (χ3v) is 8.01. The highest BCUT2D eigenvalue weighted by atomic mass is 32.2. The standard InChI is InChI=1S/C26H24FN3O5S2/c1-16(2)17-7-12-22-23(14-17)36-26(30(22)15-24(31)35-3)28-25(32)18-5-4-6-20(13-18)29-37(33,34)21-10-8-19(27)9-11-21/h4-14,16,29H,15H2,1-3H3. The van der Waals surface area contributed by atoms with Gasteiger partial charge in [-0.3, -0.25) is 14.3 Å². The number of nitrogens with zero attached hydrogens (tertiary/aromatic N) is 2. The maximum Gasteiger partial charge on any atom is 0.325 e. The zero-order chi connectivity index (χ0) is 26.7. The van der Waals surface area contributed by atoms with Crippen LogP contribution in [0.1, 0.15) is 35.7 Å². The molecule has 0 aliphatic heterocycles. The number of sulfonamides is 1. The van der Waals surface area contributed by atoms with Crippen molar-refractivity contribution in [3.63, 3.8) is 0 Å². The topological polar surface area (TPSA) is 107 Å². The molecule has 0 spiro atoms. The minimum Gasteiger partial charge on any atom is -0.468 e. The Bertz CT molecular complexity index is 1660. The van der Waals surface area contributed by atoms with Crippen molar-refractivity contribution in [2.45, 2.75) is 31.2 Å². The number of anilines is 1. The Morgan fingerprint density at radius 1 is 1.08 bits per heavy atom. The normalized spacial score (nSPS) is 12.2. The highest BCUT2D eigenvalue weighted by Gasteiger charge is 2.17. The maximum atomic E-state index is 13.2. The number of esters is 1. The molecule has 0 saturated carbocycles. The van der Waals surface area contributed by atoms with Crippen LogP contribution in [-0.4, -0.2) is 32.0 Å². The number of aromatic nitrogens is 1. The maximum absolute atomic E-state index is 13.2. The van der Waals surface area contributed by atoms with Crippen LogP contribution in [0.15, 0.2) is 76.6 Å². The van der Waals surface area contributed by atoms with Crippen LogP contribution >= 0.6 is 11.3 Å². The number of carbonyl (C=O) groups is 2. The first kappa shape index (κ1) is 26.2. The smallest absolute Gasteiger partial charge is 0.325 e. The number of carbonyl (C=O) groups excluding carboxylic acids is 2. The van der Waals surface area contributed by atoms with E-state index in [1.807, 2.05) is 18.2 Å². The lowest BCUT2D eigenvalue weighted by Gasteiger charge is -2.09. The molecule has 0 radical (unpaired) electrons. The van der Waals surface area contributed by atoms with E-state index >= 15 is 0 Å². The summed E-state index contributed by atoms with van der Waals surface area (Å²) in [6, 6.07) is 16.1. The van der Waals surface area contributed by atoms with Gasteiger partial charge in [-0.1, -0.05) is 37.3 Å². The highest BCUT2D eigenvalue weighted by Crippen LogP contribution is 2.24. The minimum absolute atomic E-state index is 0.120. The van der Waals surface area contributed by atoms with Crippen LogP contribution in [0.5, 0.6) is 0 Å². The van der Waals surface area contributed by atoms with E-state index in [1.165, 1.54) is 42.7 Å². The predicted molar refractivity (Wildman–Crippen MR) is 139 cm³/mol. The molecule has 1 heterocycles. The fourth-order valence-corrected chi connectivity index (χ4v) is 5.70. The Labute approximate surface area is 217 Å². The first-order valence-corrected chi connectivity index (χ1v) is 13.5. The zero-order valence-corrected chi connectivity index (χ0v) is 21.9. The van der Waals surface area contributed by atoms with Gasteiger partial charge in [-0.2, -0.15) is 4.99 Å². The van der Waals surface area contributed by atoms with Crippen molar-refractivity contribution in [3.05, 3.63) is 88.5 Å². The van der Waals surface area contributed by atoms with Crippen molar-refractivity contribution >= 4 is 49.1 Å². The van der Waals surface area contributed by atoms with Gasteiger partial charge in [-0.15, -0.1) is 0 Å². The van der Waals surface area contributed by atoms with Crippen LogP contribution in [-0.2, 0) is 26.1 Å². The number of benzene rings is 3. The van der Waals surface area contributed by atoms with Crippen molar-refractivity contribution in [2.24, 2.45) is 4.99 Å². The van der Waals surface area contributed by atoms with E-state index in [4.69, 9.17) is 4.74 Å². The summed E-state index contributed by atoms with van der Waals surface area (Å²) in [6.45, 7) is 4.02. The molecule has 4 aromatic rings. The third kappa shape index (κ3) is 5.95. The van der Waals surface area contributed by atoms with Crippen molar-refractivity contribution in [2.75, 3.05) is 11.8 Å². The average molecular weight is 542 g/mol. The molecular weight excluding hydrogens is 517 g/mol. The highest BCUT2D eigenvalue weighted by molar-refractivity contribution is 7.92. The number of halogens is 1. The molecule has 1 aromatic heterocycles. The van der Waals surface area contributed by atoms with Gasteiger partial charge in [0.2, 0.25) is 0 Å². The second-order valence-corrected chi connectivity index (χ2v) is 11.2. The molecule has 0 aliphatic carbocycles. The second kappa shape index (κ2) is 10.7. The van der Waals surface area contributed by atoms with Crippen LogP contribution in [0.2, 0.25) is 0 Å². The number of nitrogens with one attached hydrogen (secondary N) is 1. The summed E-state index contributed by atoms with van der Waals surface area (Å²) in [5.74, 6) is -1.36. The van der Waals surface area contributed by atoms with E-state index in [9.17, 15) is 22.4 Å². The fraction of sp³-hybridized carbons (Fsp3) is 0.192. The molecule has 192 valence electrons. The van der Waals surface area contributed by atoms with Crippen LogP contribution in [0, 0.1) is 5.82 Å². The molecule has 3 aromatic carbocycles. The number of hydrogen-bond acceptors (Lipinski definition) is 6. The Kier molecular flexibility index (Phi) is 7.55. The van der Waals surface area contributed by atoms with Crippen molar-refractivity contribution in [1.82, 2.24) is 4.57 Å². The van der Waals surface area contributed by atoms with E-state index in [0.717, 1.165) is 40.0 Å². The zero-order valence-electron chi connectivity index (χ0n) is 20.3. The summed E-state index contributed by atoms with van der Waals surface area (Å²) in [5.41, 5.74) is 2.14. The monoisotopic (exact) mass is 541 g/mol. The van der Waals surface area contributed by atoms with Gasteiger partial charge in [0.05, 0.1) is 22.2 Å². The van der Waals surface area contributed by atoms with Crippen LogP contribution in [0.4, 0.5) is 10.1 Å². The summed E-state index contributed by atoms with van der Waals surface area (Å²) in [5, 5.41) is 0. The SMILES string of the molecule is COC(=O)Cn1c(=NC(=O)c2cccc(NS(=O)(=O)c3ccc(F)cc3)c2)sc2cc(C(C)C)ccc21. The Balaban J connectivity index is 1.70. The number of rotatable bonds is 7. The minimum atomic E-state index is -4.00. The molecule has 0 atom stereocenters. The molecular formula is C26H24FN3O5S2. The molecule has 0 aliphatic rings. The summed E-state index contributed by atoms with van der Waals surface area (Å²) in [4.78, 5) is 29.6. The fourth-order valence-electron chi connectivity index (χ4n) is 3.58. The summed E-state index contributed by atoms with van der Waals surface area (Å²) in [7, 11) is -2.71.